The quantitative estimate of drug-likeness (QED) is 0.848. The zero-order chi connectivity index (χ0) is 14.0. The first-order chi connectivity index (χ1) is 8.87. The minimum atomic E-state index is -0.666. The van der Waals surface area contributed by atoms with Crippen LogP contribution in [0.4, 0.5) is 4.39 Å². The molecule has 2 heterocycles. The van der Waals surface area contributed by atoms with Crippen LogP contribution in [0.3, 0.4) is 0 Å². The van der Waals surface area contributed by atoms with Gasteiger partial charge in [-0.3, -0.25) is 4.79 Å². The van der Waals surface area contributed by atoms with Crippen LogP contribution < -0.4 is 5.32 Å². The average Bonchev–Trinajstić information content (AvgIpc) is 2.31. The number of ether oxygens (including phenoxy) is 1. The van der Waals surface area contributed by atoms with Crippen molar-refractivity contribution in [1.29, 1.82) is 0 Å². The SMILES string of the molecule is CC1(C)C[C@@H](NC(=O)c2nc(F)ccc2Br)CCO1. The van der Waals surface area contributed by atoms with Gasteiger partial charge in [-0.25, -0.2) is 4.98 Å². The van der Waals surface area contributed by atoms with Gasteiger partial charge < -0.3 is 10.1 Å². The van der Waals surface area contributed by atoms with E-state index in [1.807, 2.05) is 13.8 Å². The number of halogens is 2. The summed E-state index contributed by atoms with van der Waals surface area (Å²) in [6.07, 6.45) is 1.48. The van der Waals surface area contributed by atoms with E-state index in [9.17, 15) is 9.18 Å². The van der Waals surface area contributed by atoms with Gasteiger partial charge in [-0.1, -0.05) is 0 Å². The van der Waals surface area contributed by atoms with Gasteiger partial charge in [0.15, 0.2) is 0 Å². The van der Waals surface area contributed by atoms with E-state index in [0.717, 1.165) is 12.8 Å². The van der Waals surface area contributed by atoms with Crippen LogP contribution >= 0.6 is 15.9 Å². The molecule has 6 heteroatoms. The summed E-state index contributed by atoms with van der Waals surface area (Å²) >= 11 is 3.20. The molecule has 1 amide bonds. The van der Waals surface area contributed by atoms with E-state index in [-0.39, 0.29) is 23.2 Å². The fourth-order valence-electron chi connectivity index (χ4n) is 2.19. The van der Waals surface area contributed by atoms with Crippen LogP contribution in [0.25, 0.3) is 0 Å². The summed E-state index contributed by atoms with van der Waals surface area (Å²) in [5, 5.41) is 2.88. The van der Waals surface area contributed by atoms with E-state index in [2.05, 4.69) is 26.2 Å². The van der Waals surface area contributed by atoms with E-state index >= 15 is 0 Å². The summed E-state index contributed by atoms with van der Waals surface area (Å²) < 4.78 is 19.2. The highest BCUT2D eigenvalue weighted by molar-refractivity contribution is 9.10. The van der Waals surface area contributed by atoms with Gasteiger partial charge in [-0.05, 0) is 54.8 Å². The number of nitrogens with one attached hydrogen (secondary N) is 1. The zero-order valence-corrected chi connectivity index (χ0v) is 12.5. The fourth-order valence-corrected chi connectivity index (χ4v) is 2.59. The predicted octanol–water partition coefficient (Wildman–Crippen LogP) is 2.67. The van der Waals surface area contributed by atoms with Gasteiger partial charge in [0.25, 0.3) is 5.91 Å². The number of aromatic nitrogens is 1. The Labute approximate surface area is 119 Å². The van der Waals surface area contributed by atoms with Crippen LogP contribution in [0.5, 0.6) is 0 Å². The molecule has 1 aliphatic heterocycles. The first-order valence-electron chi connectivity index (χ1n) is 6.14. The molecule has 0 unspecified atom stereocenters. The summed E-state index contributed by atoms with van der Waals surface area (Å²) in [6, 6.07) is 2.71. The number of hydrogen-bond acceptors (Lipinski definition) is 3. The Hall–Kier alpha value is -1.01. The Morgan fingerprint density at radius 2 is 2.32 bits per heavy atom. The number of carbonyl (C=O) groups excluding carboxylic acids is 1. The van der Waals surface area contributed by atoms with E-state index in [4.69, 9.17) is 4.74 Å². The van der Waals surface area contributed by atoms with Crippen LogP contribution in [0.1, 0.15) is 37.2 Å². The van der Waals surface area contributed by atoms with Gasteiger partial charge in [-0.2, -0.15) is 4.39 Å². The first kappa shape index (κ1) is 14.4. The summed E-state index contributed by atoms with van der Waals surface area (Å²) in [7, 11) is 0. The maximum absolute atomic E-state index is 13.1. The number of rotatable bonds is 2. The highest BCUT2D eigenvalue weighted by atomic mass is 79.9. The van der Waals surface area contributed by atoms with E-state index in [1.54, 1.807) is 0 Å². The molecule has 2 rings (SSSR count). The van der Waals surface area contributed by atoms with Crippen molar-refractivity contribution >= 4 is 21.8 Å². The molecule has 1 aromatic rings. The molecule has 104 valence electrons. The van der Waals surface area contributed by atoms with Gasteiger partial charge in [0.2, 0.25) is 5.95 Å². The van der Waals surface area contributed by atoms with Crippen molar-refractivity contribution in [1.82, 2.24) is 10.3 Å². The summed E-state index contributed by atoms with van der Waals surface area (Å²) in [5.41, 5.74) is -0.174. The van der Waals surface area contributed by atoms with Crippen LogP contribution in [0, 0.1) is 5.95 Å². The lowest BCUT2D eigenvalue weighted by Gasteiger charge is -2.35. The van der Waals surface area contributed by atoms with Crippen LogP contribution in [0.2, 0.25) is 0 Å². The monoisotopic (exact) mass is 330 g/mol. The summed E-state index contributed by atoms with van der Waals surface area (Å²) in [6.45, 7) is 4.58. The normalized spacial score (nSPS) is 22.0. The van der Waals surface area contributed by atoms with Crippen molar-refractivity contribution in [2.24, 2.45) is 0 Å². The molecule has 0 saturated carbocycles. The predicted molar refractivity (Wildman–Crippen MR) is 72.4 cm³/mol. The Morgan fingerprint density at radius 3 is 3.00 bits per heavy atom. The van der Waals surface area contributed by atoms with Gasteiger partial charge in [0.1, 0.15) is 5.69 Å². The highest BCUT2D eigenvalue weighted by Crippen LogP contribution is 2.24. The molecule has 0 spiro atoms. The topological polar surface area (TPSA) is 51.2 Å². The second-order valence-electron chi connectivity index (χ2n) is 5.24. The third-order valence-electron chi connectivity index (χ3n) is 3.06. The molecule has 1 aromatic heterocycles. The smallest absolute Gasteiger partial charge is 0.271 e. The standard InChI is InChI=1S/C13H16BrFN2O2/c1-13(2)7-8(5-6-19-13)16-12(18)11-9(14)3-4-10(15)17-11/h3-4,8H,5-7H2,1-2H3,(H,16,18)/t8-/m0/s1. The van der Waals surface area contributed by atoms with Crippen molar-refractivity contribution in [2.75, 3.05) is 6.61 Å². The number of hydrogen-bond donors (Lipinski definition) is 1. The molecule has 1 fully saturated rings. The van der Waals surface area contributed by atoms with E-state index < -0.39 is 5.95 Å². The Morgan fingerprint density at radius 1 is 1.58 bits per heavy atom. The highest BCUT2D eigenvalue weighted by Gasteiger charge is 2.30. The minimum absolute atomic E-state index is 0.0215. The fraction of sp³-hybridized carbons (Fsp3) is 0.538. The number of amides is 1. The second-order valence-corrected chi connectivity index (χ2v) is 6.09. The van der Waals surface area contributed by atoms with Gasteiger partial charge >= 0.3 is 0 Å². The molecule has 1 saturated heterocycles. The molecule has 1 aliphatic rings. The minimum Gasteiger partial charge on any atom is -0.375 e. The first-order valence-corrected chi connectivity index (χ1v) is 6.93. The van der Waals surface area contributed by atoms with Crippen LogP contribution in [0.15, 0.2) is 16.6 Å². The molecule has 1 atom stereocenters. The molecular weight excluding hydrogens is 315 g/mol. The Kier molecular flexibility index (Phi) is 4.20. The number of nitrogens with zero attached hydrogens (tertiary/aromatic N) is 1. The lowest BCUT2D eigenvalue weighted by atomic mass is 9.94. The lowest BCUT2D eigenvalue weighted by molar-refractivity contribution is -0.0615. The van der Waals surface area contributed by atoms with Gasteiger partial charge in [0.05, 0.1) is 5.60 Å². The lowest BCUT2D eigenvalue weighted by Crippen LogP contribution is -2.46. The molecule has 0 radical (unpaired) electrons. The third-order valence-corrected chi connectivity index (χ3v) is 3.70. The maximum atomic E-state index is 13.1. The summed E-state index contributed by atoms with van der Waals surface area (Å²) in [5.74, 6) is -1.03. The largest absolute Gasteiger partial charge is 0.375 e. The summed E-state index contributed by atoms with van der Waals surface area (Å²) in [4.78, 5) is 15.7. The molecule has 0 aromatic carbocycles. The molecule has 19 heavy (non-hydrogen) atoms. The zero-order valence-electron chi connectivity index (χ0n) is 10.9. The van der Waals surface area contributed by atoms with Crippen LogP contribution in [-0.4, -0.2) is 29.1 Å². The molecule has 0 bridgehead atoms. The third kappa shape index (κ3) is 3.73. The molecule has 4 nitrogen and oxygen atoms in total. The van der Waals surface area contributed by atoms with Gasteiger partial charge in [-0.15, -0.1) is 0 Å². The van der Waals surface area contributed by atoms with Crippen molar-refractivity contribution in [3.05, 3.63) is 28.2 Å². The number of carbonyl (C=O) groups is 1. The molecular formula is C13H16BrFN2O2. The molecule has 1 N–H and O–H groups in total. The molecule has 0 aliphatic carbocycles. The van der Waals surface area contributed by atoms with Crippen molar-refractivity contribution < 1.29 is 13.9 Å². The van der Waals surface area contributed by atoms with Crippen molar-refractivity contribution in [2.45, 2.75) is 38.3 Å². The van der Waals surface area contributed by atoms with Crippen LogP contribution in [-0.2, 0) is 4.74 Å². The maximum Gasteiger partial charge on any atom is 0.271 e. The average molecular weight is 331 g/mol. The second kappa shape index (κ2) is 5.54. The van der Waals surface area contributed by atoms with Crippen molar-refractivity contribution in [3.8, 4) is 0 Å². The van der Waals surface area contributed by atoms with Crippen molar-refractivity contribution in [3.63, 3.8) is 0 Å². The Balaban J connectivity index is 2.06. The Bertz CT molecular complexity index is 494. The van der Waals surface area contributed by atoms with E-state index in [0.29, 0.717) is 11.1 Å². The van der Waals surface area contributed by atoms with E-state index in [1.165, 1.54) is 12.1 Å². The number of pyridine rings is 1. The van der Waals surface area contributed by atoms with Gasteiger partial charge in [0, 0.05) is 17.1 Å².